The van der Waals surface area contributed by atoms with Crippen LogP contribution in [0.1, 0.15) is 25.7 Å². The summed E-state index contributed by atoms with van der Waals surface area (Å²) in [5.74, 6) is 0.533. The fourth-order valence-corrected chi connectivity index (χ4v) is 5.53. The number of unbranched alkanes of at least 4 members (excludes halogenated alkanes) is 3. The molecule has 0 saturated carbocycles. The Labute approximate surface area is 201 Å². The van der Waals surface area contributed by atoms with Gasteiger partial charge in [-0.25, -0.2) is 0 Å². The summed E-state index contributed by atoms with van der Waals surface area (Å²) in [5, 5.41) is 2.24. The summed E-state index contributed by atoms with van der Waals surface area (Å²) in [5.41, 5.74) is -2.16. The van der Waals surface area contributed by atoms with Gasteiger partial charge in [0.1, 0.15) is 5.75 Å². The standard InChI is InChI=1S/C13H23NO7P2S.2Na.2H/c15-22(16,17)13(23(18,19)20)14-10-6-1-2-7-11-24(21)12-8-4-3-5-9-12;;;;/h3-5,8-9,13-14H,1-2,6-7,10-11H2,(H2,15,16,17)(H2,18,19,20);;;;. The molecule has 5 N–H and O–H groups in total. The van der Waals surface area contributed by atoms with Crippen molar-refractivity contribution in [2.45, 2.75) is 36.1 Å². The predicted octanol–water partition coefficient (Wildman–Crippen LogP) is 0.286. The topological polar surface area (TPSA) is 150 Å². The molecule has 1 unspecified atom stereocenters. The number of hydrogen-bond donors (Lipinski definition) is 5. The summed E-state index contributed by atoms with van der Waals surface area (Å²) in [7, 11) is -9.84. The van der Waals surface area contributed by atoms with E-state index in [1.165, 1.54) is 0 Å². The summed E-state index contributed by atoms with van der Waals surface area (Å²) < 4.78 is 34.1. The second-order valence-corrected chi connectivity index (χ2v) is 10.7. The van der Waals surface area contributed by atoms with Crippen molar-refractivity contribution in [3.05, 3.63) is 30.3 Å². The Morgan fingerprint density at radius 2 is 1.42 bits per heavy atom. The molecule has 0 aliphatic heterocycles. The fourth-order valence-electron chi connectivity index (χ4n) is 2.07. The second kappa shape index (κ2) is 14.7. The van der Waals surface area contributed by atoms with Gasteiger partial charge in [-0.2, -0.15) is 0 Å². The average molecular weight is 447 g/mol. The minimum atomic E-state index is -4.92. The molecule has 0 saturated heterocycles. The van der Waals surface area contributed by atoms with E-state index in [9.17, 15) is 13.7 Å². The van der Waals surface area contributed by atoms with E-state index in [2.05, 4.69) is 5.32 Å². The van der Waals surface area contributed by atoms with Crippen LogP contribution in [-0.2, 0) is 20.3 Å². The van der Waals surface area contributed by atoms with Crippen LogP contribution in [0.15, 0.2) is 35.2 Å². The third-order valence-electron chi connectivity index (χ3n) is 3.23. The van der Waals surface area contributed by atoms with Crippen molar-refractivity contribution in [3.8, 4) is 0 Å². The van der Waals surface area contributed by atoms with Gasteiger partial charge in [0.2, 0.25) is 5.52 Å². The van der Waals surface area contributed by atoms with Gasteiger partial charge in [-0.1, -0.05) is 24.6 Å². The zero-order valence-electron chi connectivity index (χ0n) is 13.0. The first-order valence-corrected chi connectivity index (χ1v) is 12.1. The van der Waals surface area contributed by atoms with Crippen LogP contribution >= 0.6 is 15.2 Å². The maximum atomic E-state index is 12.0. The van der Waals surface area contributed by atoms with Crippen LogP contribution in [0.2, 0.25) is 0 Å². The minimum absolute atomic E-state index is 0. The van der Waals surface area contributed by atoms with Gasteiger partial charge in [0.05, 0.1) is 0 Å². The molecule has 1 aromatic carbocycles. The predicted molar refractivity (Wildman–Crippen MR) is 106 cm³/mol. The van der Waals surface area contributed by atoms with E-state index in [1.54, 1.807) is 0 Å². The van der Waals surface area contributed by atoms with Crippen LogP contribution in [0.4, 0.5) is 0 Å². The molecule has 1 aromatic rings. The van der Waals surface area contributed by atoms with Crippen molar-refractivity contribution >= 4 is 85.5 Å². The quantitative estimate of drug-likeness (QED) is 0.141. The fraction of sp³-hybridized carbons (Fsp3) is 0.538. The molecular formula is C13H25NNa2O7P2S. The third-order valence-corrected chi connectivity index (χ3v) is 8.13. The summed E-state index contributed by atoms with van der Waals surface area (Å²) >= 11 is -1.04. The van der Waals surface area contributed by atoms with E-state index in [0.717, 1.165) is 17.7 Å². The van der Waals surface area contributed by atoms with Crippen molar-refractivity contribution in [1.82, 2.24) is 5.32 Å². The van der Waals surface area contributed by atoms with Crippen LogP contribution in [0, 0.1) is 0 Å². The molecule has 0 aliphatic rings. The Kier molecular flexibility index (Phi) is 17.0. The molecule has 13 heteroatoms. The molecule has 0 amide bonds. The molecule has 0 aliphatic carbocycles. The van der Waals surface area contributed by atoms with E-state index < -0.39 is 31.9 Å². The van der Waals surface area contributed by atoms with E-state index >= 15 is 0 Å². The van der Waals surface area contributed by atoms with Crippen molar-refractivity contribution in [1.29, 1.82) is 0 Å². The Bertz CT molecular complexity index is 565. The maximum absolute atomic E-state index is 12.0. The SMILES string of the molecule is O=P(O)(O)C(NCCCCCC[S+]([O-])c1ccccc1)P(=O)(O)O.[NaH].[NaH]. The van der Waals surface area contributed by atoms with Gasteiger partial charge in [-0.3, -0.25) is 14.4 Å². The number of hydrogen-bond acceptors (Lipinski definition) is 4. The van der Waals surface area contributed by atoms with E-state index in [-0.39, 0.29) is 65.7 Å². The second-order valence-electron chi connectivity index (χ2n) is 5.28. The van der Waals surface area contributed by atoms with Crippen LogP contribution in [0.25, 0.3) is 0 Å². The molecular weight excluding hydrogens is 422 g/mol. The van der Waals surface area contributed by atoms with E-state index in [4.69, 9.17) is 19.6 Å². The normalized spacial score (nSPS) is 13.0. The molecule has 0 radical (unpaired) electrons. The zero-order valence-corrected chi connectivity index (χ0v) is 15.6. The van der Waals surface area contributed by atoms with Gasteiger partial charge in [0.25, 0.3) is 0 Å². The number of benzene rings is 1. The first kappa shape index (κ1) is 30.0. The van der Waals surface area contributed by atoms with Gasteiger partial charge in [0.15, 0.2) is 4.90 Å². The third kappa shape index (κ3) is 12.4. The van der Waals surface area contributed by atoms with E-state index in [1.807, 2.05) is 30.3 Å². The molecule has 0 aromatic heterocycles. The summed E-state index contributed by atoms with van der Waals surface area (Å²) in [6.07, 6.45) is 2.72. The molecule has 0 heterocycles. The molecule has 1 rings (SSSR count). The molecule has 142 valence electrons. The Balaban J connectivity index is 0. The van der Waals surface area contributed by atoms with Crippen LogP contribution in [0.3, 0.4) is 0 Å². The van der Waals surface area contributed by atoms with E-state index in [0.29, 0.717) is 18.6 Å². The monoisotopic (exact) mass is 447 g/mol. The molecule has 8 nitrogen and oxygen atoms in total. The van der Waals surface area contributed by atoms with Crippen molar-refractivity contribution in [2.75, 3.05) is 12.3 Å². The molecule has 26 heavy (non-hydrogen) atoms. The van der Waals surface area contributed by atoms with Crippen LogP contribution in [-0.4, -0.2) is 101 Å². The van der Waals surface area contributed by atoms with Gasteiger partial charge in [0, 0.05) is 0 Å². The Hall–Kier alpha value is 1.79. The zero-order chi connectivity index (χ0) is 18.2. The number of rotatable bonds is 11. The Morgan fingerprint density at radius 1 is 0.923 bits per heavy atom. The first-order valence-electron chi connectivity index (χ1n) is 7.39. The first-order chi connectivity index (χ1) is 11.1. The summed E-state index contributed by atoms with van der Waals surface area (Å²) in [4.78, 5) is 36.6. The molecule has 1 atom stereocenters. The molecule has 0 spiro atoms. The van der Waals surface area contributed by atoms with Crippen molar-refractivity contribution < 1.29 is 33.3 Å². The van der Waals surface area contributed by atoms with Gasteiger partial charge in [-0.05, 0) is 49.1 Å². The number of nitrogens with one attached hydrogen (secondary N) is 1. The van der Waals surface area contributed by atoms with Gasteiger partial charge < -0.3 is 24.1 Å². The van der Waals surface area contributed by atoms with Crippen LogP contribution in [0.5, 0.6) is 0 Å². The summed E-state index contributed by atoms with van der Waals surface area (Å²) in [6, 6.07) is 9.14. The van der Waals surface area contributed by atoms with Gasteiger partial charge >= 0.3 is 74.3 Å². The average Bonchev–Trinajstić information content (AvgIpc) is 2.48. The van der Waals surface area contributed by atoms with Crippen molar-refractivity contribution in [3.63, 3.8) is 0 Å². The molecule has 0 bridgehead atoms. The van der Waals surface area contributed by atoms with Gasteiger partial charge in [-0.15, -0.1) is 0 Å². The summed E-state index contributed by atoms with van der Waals surface area (Å²) in [6.45, 7) is 0.0860. The Morgan fingerprint density at radius 3 is 1.92 bits per heavy atom. The van der Waals surface area contributed by atoms with Crippen LogP contribution < -0.4 is 5.32 Å². The van der Waals surface area contributed by atoms with Crippen molar-refractivity contribution in [2.24, 2.45) is 0 Å². The molecule has 0 fully saturated rings.